The van der Waals surface area contributed by atoms with Crippen molar-refractivity contribution in [1.82, 2.24) is 4.98 Å². The minimum absolute atomic E-state index is 0.0632. The number of esters is 2. The van der Waals surface area contributed by atoms with Gasteiger partial charge in [0.15, 0.2) is 5.88 Å². The predicted molar refractivity (Wildman–Crippen MR) is 142 cm³/mol. The quantitative estimate of drug-likeness (QED) is 0.215. The molecule has 0 aliphatic heterocycles. The van der Waals surface area contributed by atoms with Crippen LogP contribution in [0.4, 0.5) is 5.69 Å². The zero-order valence-electron chi connectivity index (χ0n) is 20.7. The lowest BCUT2D eigenvalue weighted by atomic mass is 10.00. The number of rotatable bonds is 9. The molecular formula is C29H29N3O5. The number of benzene rings is 3. The molecule has 4 aromatic rings. The van der Waals surface area contributed by atoms with Crippen LogP contribution in [0.1, 0.15) is 53.4 Å². The van der Waals surface area contributed by atoms with Gasteiger partial charge in [0.05, 0.1) is 42.2 Å². The molecule has 8 heteroatoms. The first kappa shape index (κ1) is 25.7. The third kappa shape index (κ3) is 5.87. The summed E-state index contributed by atoms with van der Waals surface area (Å²) in [7, 11) is 0. The van der Waals surface area contributed by atoms with Gasteiger partial charge in [-0.15, -0.1) is 0 Å². The summed E-state index contributed by atoms with van der Waals surface area (Å²) >= 11 is 0. The summed E-state index contributed by atoms with van der Waals surface area (Å²) in [5, 5.41) is 11.6. The van der Waals surface area contributed by atoms with Crippen LogP contribution in [0.3, 0.4) is 0 Å². The molecule has 0 radical (unpaired) electrons. The molecular weight excluding hydrogens is 470 g/mol. The second-order valence-corrected chi connectivity index (χ2v) is 8.36. The summed E-state index contributed by atoms with van der Waals surface area (Å²) in [5.74, 6) is -0.839. The highest BCUT2D eigenvalue weighted by Crippen LogP contribution is 2.32. The van der Waals surface area contributed by atoms with Crippen LogP contribution in [0.15, 0.2) is 77.8 Å². The minimum Gasteiger partial charge on any atom is -0.494 e. The van der Waals surface area contributed by atoms with Crippen LogP contribution < -0.4 is 5.73 Å². The van der Waals surface area contributed by atoms with Crippen molar-refractivity contribution in [1.29, 1.82) is 0 Å². The van der Waals surface area contributed by atoms with Crippen molar-refractivity contribution in [3.8, 4) is 5.88 Å². The van der Waals surface area contributed by atoms with Gasteiger partial charge in [-0.1, -0.05) is 48.5 Å². The smallest absolute Gasteiger partial charge is 0.338 e. The average Bonchev–Trinajstić information content (AvgIpc) is 3.23. The number of aromatic hydroxyl groups is 1. The fourth-order valence-electron chi connectivity index (χ4n) is 4.07. The van der Waals surface area contributed by atoms with Crippen LogP contribution in [0, 0.1) is 0 Å². The van der Waals surface area contributed by atoms with Gasteiger partial charge in [-0.3, -0.25) is 4.79 Å². The molecule has 0 aliphatic carbocycles. The van der Waals surface area contributed by atoms with E-state index in [1.807, 2.05) is 54.6 Å². The van der Waals surface area contributed by atoms with E-state index in [9.17, 15) is 14.7 Å². The number of ether oxygens (including phenoxy) is 2. The normalized spacial score (nSPS) is 12.4. The Hall–Kier alpha value is -4.43. The largest absolute Gasteiger partial charge is 0.494 e. The van der Waals surface area contributed by atoms with E-state index in [0.717, 1.165) is 11.1 Å². The lowest BCUT2D eigenvalue weighted by Crippen LogP contribution is -2.17. The van der Waals surface area contributed by atoms with Crippen LogP contribution >= 0.6 is 0 Å². The summed E-state index contributed by atoms with van der Waals surface area (Å²) in [5.41, 5.74) is 10.4. The molecule has 4 N–H and O–H groups in total. The molecule has 1 atom stereocenters. The molecule has 1 unspecified atom stereocenters. The molecule has 4 rings (SSSR count). The molecule has 0 aliphatic rings. The standard InChI is InChI=1S/C29H29N3O5/c1-3-36-25(33)17-23(30)18-10-13-21(14-11-18)31-27(19-8-6-5-7-9-19)26-22-15-12-20(29(35)37-4-2)16-24(22)32-28(26)34/h5-16,23,32,34H,3-4,17,30H2,1-2H3. The Morgan fingerprint density at radius 3 is 2.32 bits per heavy atom. The highest BCUT2D eigenvalue weighted by molar-refractivity contribution is 6.22. The minimum atomic E-state index is -0.489. The zero-order valence-corrected chi connectivity index (χ0v) is 20.7. The maximum Gasteiger partial charge on any atom is 0.338 e. The predicted octanol–water partition coefficient (Wildman–Crippen LogP) is 5.17. The third-order valence-electron chi connectivity index (χ3n) is 5.83. The van der Waals surface area contributed by atoms with Crippen LogP contribution in [0.2, 0.25) is 0 Å². The lowest BCUT2D eigenvalue weighted by molar-refractivity contribution is -0.143. The van der Waals surface area contributed by atoms with Crippen LogP contribution in [0.5, 0.6) is 5.88 Å². The summed E-state index contributed by atoms with van der Waals surface area (Å²) in [6.07, 6.45) is 0.0860. The van der Waals surface area contributed by atoms with Crippen LogP contribution in [-0.2, 0) is 14.3 Å². The van der Waals surface area contributed by atoms with E-state index < -0.39 is 12.0 Å². The van der Waals surface area contributed by atoms with E-state index in [1.54, 1.807) is 32.0 Å². The topological polar surface area (TPSA) is 127 Å². The van der Waals surface area contributed by atoms with E-state index >= 15 is 0 Å². The number of nitrogens with one attached hydrogen (secondary N) is 1. The molecule has 3 aromatic carbocycles. The maximum atomic E-state index is 12.2. The monoisotopic (exact) mass is 499 g/mol. The Bertz CT molecular complexity index is 1430. The number of carbonyl (C=O) groups excluding carboxylic acids is 2. The first-order valence-electron chi connectivity index (χ1n) is 12.1. The van der Waals surface area contributed by atoms with E-state index in [1.165, 1.54) is 0 Å². The second kappa shape index (κ2) is 11.5. The second-order valence-electron chi connectivity index (χ2n) is 8.36. The zero-order chi connectivity index (χ0) is 26.4. The molecule has 0 amide bonds. The van der Waals surface area contributed by atoms with Crippen LogP contribution in [0.25, 0.3) is 10.9 Å². The molecule has 37 heavy (non-hydrogen) atoms. The first-order valence-corrected chi connectivity index (χ1v) is 12.1. The van der Waals surface area contributed by atoms with Gasteiger partial charge >= 0.3 is 11.9 Å². The van der Waals surface area contributed by atoms with Gasteiger partial charge in [0.1, 0.15) is 0 Å². The summed E-state index contributed by atoms with van der Waals surface area (Å²) < 4.78 is 10.1. The SMILES string of the molecule is CCOC(=O)CC(N)c1ccc(N=C(c2ccccc2)c2c(O)[nH]c3cc(C(=O)OCC)ccc23)cc1. The molecule has 0 saturated heterocycles. The number of nitrogens with zero attached hydrogens (tertiary/aromatic N) is 1. The Balaban J connectivity index is 1.74. The molecule has 1 heterocycles. The number of aromatic nitrogens is 1. The lowest BCUT2D eigenvalue weighted by Gasteiger charge is -2.12. The van der Waals surface area contributed by atoms with Gasteiger partial charge in [-0.05, 0) is 43.7 Å². The molecule has 0 fully saturated rings. The number of hydrogen-bond acceptors (Lipinski definition) is 7. The molecule has 190 valence electrons. The number of H-pyrrole nitrogens is 1. The number of carbonyl (C=O) groups is 2. The molecule has 0 bridgehead atoms. The third-order valence-corrected chi connectivity index (χ3v) is 5.83. The average molecular weight is 500 g/mol. The van der Waals surface area contributed by atoms with Gasteiger partial charge < -0.3 is 25.3 Å². The summed E-state index contributed by atoms with van der Waals surface area (Å²) in [6, 6.07) is 21.4. The van der Waals surface area contributed by atoms with E-state index in [2.05, 4.69) is 4.98 Å². The van der Waals surface area contributed by atoms with Gasteiger partial charge in [-0.2, -0.15) is 0 Å². The fourth-order valence-corrected chi connectivity index (χ4v) is 4.07. The maximum absolute atomic E-state index is 12.2. The van der Waals surface area contributed by atoms with Gasteiger partial charge in [0, 0.05) is 22.5 Å². The first-order chi connectivity index (χ1) is 17.9. The van der Waals surface area contributed by atoms with Crippen molar-refractivity contribution in [2.45, 2.75) is 26.3 Å². The Labute approximate surface area is 214 Å². The molecule has 1 aromatic heterocycles. The van der Waals surface area contributed by atoms with Crippen molar-refractivity contribution in [3.63, 3.8) is 0 Å². The highest BCUT2D eigenvalue weighted by atomic mass is 16.5. The summed E-state index contributed by atoms with van der Waals surface area (Å²) in [4.78, 5) is 31.8. The summed E-state index contributed by atoms with van der Waals surface area (Å²) in [6.45, 7) is 4.09. The molecule has 8 nitrogen and oxygen atoms in total. The Kier molecular flexibility index (Phi) is 8.00. The number of hydrogen-bond donors (Lipinski definition) is 3. The van der Waals surface area contributed by atoms with Crippen molar-refractivity contribution < 1.29 is 24.2 Å². The molecule has 0 saturated carbocycles. The number of nitrogens with two attached hydrogens (primary N) is 1. The number of aromatic amines is 1. The van der Waals surface area contributed by atoms with Crippen molar-refractivity contribution in [3.05, 3.63) is 95.1 Å². The van der Waals surface area contributed by atoms with Gasteiger partial charge in [0.2, 0.25) is 0 Å². The highest BCUT2D eigenvalue weighted by Gasteiger charge is 2.20. The fraction of sp³-hybridized carbons (Fsp3) is 0.207. The van der Waals surface area contributed by atoms with Gasteiger partial charge in [-0.25, -0.2) is 9.79 Å². The van der Waals surface area contributed by atoms with Crippen molar-refractivity contribution >= 4 is 34.2 Å². The van der Waals surface area contributed by atoms with Crippen LogP contribution in [-0.4, -0.2) is 41.0 Å². The van der Waals surface area contributed by atoms with Crippen molar-refractivity contribution in [2.75, 3.05) is 13.2 Å². The van der Waals surface area contributed by atoms with E-state index in [4.69, 9.17) is 20.2 Å². The molecule has 0 spiro atoms. The Morgan fingerprint density at radius 1 is 0.946 bits per heavy atom. The van der Waals surface area contributed by atoms with Gasteiger partial charge in [0.25, 0.3) is 0 Å². The number of fused-ring (bicyclic) bond motifs is 1. The Morgan fingerprint density at radius 2 is 1.65 bits per heavy atom. The van der Waals surface area contributed by atoms with E-state index in [0.29, 0.717) is 40.0 Å². The van der Waals surface area contributed by atoms with Crippen molar-refractivity contribution in [2.24, 2.45) is 10.7 Å². The van der Waals surface area contributed by atoms with E-state index in [-0.39, 0.29) is 24.9 Å². The number of aliphatic imine (C=N–C) groups is 1.